The lowest BCUT2D eigenvalue weighted by Gasteiger charge is -2.02. The minimum atomic E-state index is -0.370. The third-order valence-electron chi connectivity index (χ3n) is 2.70. The first-order chi connectivity index (χ1) is 9.97. The van der Waals surface area contributed by atoms with E-state index in [4.69, 9.17) is 5.73 Å². The van der Waals surface area contributed by atoms with E-state index in [0.717, 1.165) is 3.79 Å². The van der Waals surface area contributed by atoms with Gasteiger partial charge in [0.05, 0.1) is 14.4 Å². The van der Waals surface area contributed by atoms with E-state index in [1.54, 1.807) is 10.6 Å². The number of thioether (sulfide) groups is 1. The summed E-state index contributed by atoms with van der Waals surface area (Å²) in [4.78, 5) is 23.5. The van der Waals surface area contributed by atoms with E-state index in [0.29, 0.717) is 28.0 Å². The van der Waals surface area contributed by atoms with Crippen molar-refractivity contribution in [2.45, 2.75) is 18.0 Å². The Morgan fingerprint density at radius 2 is 2.19 bits per heavy atom. The number of Topliss-reactive ketones (excluding diaryl/α,β-unsaturated/α-hetero) is 1. The maximum Gasteiger partial charge on any atom is 0.217 e. The summed E-state index contributed by atoms with van der Waals surface area (Å²) in [5, 5.41) is 8.69. The average molecular weight is 389 g/mol. The molecule has 112 valence electrons. The van der Waals surface area contributed by atoms with Crippen LogP contribution in [-0.4, -0.2) is 32.2 Å². The third-order valence-corrected chi connectivity index (χ3v) is 5.39. The van der Waals surface area contributed by atoms with E-state index >= 15 is 0 Å². The Labute approximate surface area is 138 Å². The van der Waals surface area contributed by atoms with Crippen LogP contribution in [0.2, 0.25) is 0 Å². The normalized spacial score (nSPS) is 10.8. The van der Waals surface area contributed by atoms with Crippen molar-refractivity contribution in [2.75, 3.05) is 5.75 Å². The molecule has 0 bridgehead atoms. The number of hydrogen-bond donors (Lipinski definition) is 1. The van der Waals surface area contributed by atoms with Crippen LogP contribution in [0.25, 0.3) is 0 Å². The molecular formula is C12H13BrN4O2S2. The van der Waals surface area contributed by atoms with Gasteiger partial charge in [0, 0.05) is 19.9 Å². The largest absolute Gasteiger partial charge is 0.370 e. The second-order valence-electron chi connectivity index (χ2n) is 4.24. The van der Waals surface area contributed by atoms with Crippen molar-refractivity contribution in [3.8, 4) is 0 Å². The van der Waals surface area contributed by atoms with Gasteiger partial charge in [-0.25, -0.2) is 0 Å². The molecule has 2 N–H and O–H groups in total. The quantitative estimate of drug-likeness (QED) is 0.578. The van der Waals surface area contributed by atoms with Crippen molar-refractivity contribution in [1.82, 2.24) is 14.8 Å². The number of carbonyl (C=O) groups is 2. The highest BCUT2D eigenvalue weighted by atomic mass is 79.9. The van der Waals surface area contributed by atoms with Crippen LogP contribution in [0.1, 0.15) is 21.9 Å². The van der Waals surface area contributed by atoms with Crippen LogP contribution >= 0.6 is 39.0 Å². The first kappa shape index (κ1) is 16.2. The molecule has 0 fully saturated rings. The van der Waals surface area contributed by atoms with E-state index in [1.165, 1.54) is 23.1 Å². The lowest BCUT2D eigenvalue weighted by molar-refractivity contribution is -0.118. The van der Waals surface area contributed by atoms with Crippen LogP contribution in [0.15, 0.2) is 21.1 Å². The zero-order chi connectivity index (χ0) is 15.4. The number of hydrogen-bond acceptors (Lipinski definition) is 6. The molecule has 0 aliphatic heterocycles. The number of carbonyl (C=O) groups excluding carboxylic acids is 2. The summed E-state index contributed by atoms with van der Waals surface area (Å²) in [6.45, 7) is 0. The smallest absolute Gasteiger partial charge is 0.217 e. The van der Waals surface area contributed by atoms with Gasteiger partial charge in [0.25, 0.3) is 0 Å². The number of halogens is 1. The fourth-order valence-corrected chi connectivity index (χ4v) is 3.82. The van der Waals surface area contributed by atoms with Crippen LogP contribution in [0.5, 0.6) is 0 Å². The Balaban J connectivity index is 1.94. The zero-order valence-electron chi connectivity index (χ0n) is 11.2. The van der Waals surface area contributed by atoms with Crippen molar-refractivity contribution in [2.24, 2.45) is 12.8 Å². The molecule has 0 atom stereocenters. The number of thiophene rings is 1. The van der Waals surface area contributed by atoms with Gasteiger partial charge in [-0.1, -0.05) is 11.8 Å². The summed E-state index contributed by atoms with van der Waals surface area (Å²) in [7, 11) is 1.81. The first-order valence-electron chi connectivity index (χ1n) is 6.05. The number of primary amides is 1. The van der Waals surface area contributed by atoms with Crippen LogP contribution in [0.4, 0.5) is 0 Å². The van der Waals surface area contributed by atoms with Gasteiger partial charge in [-0.05, 0) is 28.1 Å². The summed E-state index contributed by atoms with van der Waals surface area (Å²) in [5.74, 6) is 0.667. The summed E-state index contributed by atoms with van der Waals surface area (Å²) in [6.07, 6.45) is 0.685. The van der Waals surface area contributed by atoms with E-state index in [1.807, 2.05) is 13.1 Å². The molecule has 0 aliphatic carbocycles. The average Bonchev–Trinajstić information content (AvgIpc) is 3.01. The monoisotopic (exact) mass is 388 g/mol. The number of nitrogens with two attached hydrogens (primary N) is 1. The highest BCUT2D eigenvalue weighted by Gasteiger charge is 2.14. The van der Waals surface area contributed by atoms with E-state index in [9.17, 15) is 9.59 Å². The standard InChI is InChI=1S/C12H13BrN4O2S2/c1-17-11(5-4-10(14)19)15-16-12(17)20-6-7(18)8-2-3-9(13)21-8/h2-3H,4-6H2,1H3,(H2,14,19). The Morgan fingerprint density at radius 1 is 1.43 bits per heavy atom. The number of ketones is 1. The van der Waals surface area contributed by atoms with Crippen molar-refractivity contribution < 1.29 is 9.59 Å². The fourth-order valence-electron chi connectivity index (χ4n) is 1.59. The molecule has 9 heteroatoms. The molecule has 2 aromatic heterocycles. The SMILES string of the molecule is Cn1c(CCC(N)=O)nnc1SCC(=O)c1ccc(Br)s1. The molecule has 0 spiro atoms. The molecular weight excluding hydrogens is 376 g/mol. The van der Waals surface area contributed by atoms with Gasteiger partial charge in [-0.15, -0.1) is 21.5 Å². The molecule has 2 aromatic rings. The lowest BCUT2D eigenvalue weighted by Crippen LogP contribution is -2.13. The van der Waals surface area contributed by atoms with Crippen molar-refractivity contribution >= 4 is 50.7 Å². The van der Waals surface area contributed by atoms with Crippen LogP contribution in [0.3, 0.4) is 0 Å². The van der Waals surface area contributed by atoms with E-state index in [2.05, 4.69) is 26.1 Å². The van der Waals surface area contributed by atoms with E-state index < -0.39 is 0 Å². The summed E-state index contributed by atoms with van der Waals surface area (Å²) in [6, 6.07) is 3.65. The number of aromatic nitrogens is 3. The van der Waals surface area contributed by atoms with Gasteiger partial charge in [-0.3, -0.25) is 9.59 Å². The topological polar surface area (TPSA) is 90.9 Å². The third kappa shape index (κ3) is 4.39. The highest BCUT2D eigenvalue weighted by Crippen LogP contribution is 2.25. The lowest BCUT2D eigenvalue weighted by atomic mass is 10.3. The second kappa shape index (κ2) is 7.19. The Hall–Kier alpha value is -1.19. The minimum absolute atomic E-state index is 0.0531. The molecule has 0 aliphatic rings. The molecule has 2 heterocycles. The molecule has 0 radical (unpaired) electrons. The van der Waals surface area contributed by atoms with Crippen molar-refractivity contribution in [3.05, 3.63) is 26.6 Å². The van der Waals surface area contributed by atoms with Crippen molar-refractivity contribution in [3.63, 3.8) is 0 Å². The van der Waals surface area contributed by atoms with Crippen LogP contribution < -0.4 is 5.73 Å². The molecule has 0 unspecified atom stereocenters. The van der Waals surface area contributed by atoms with E-state index in [-0.39, 0.29) is 18.1 Å². The molecule has 0 aromatic carbocycles. The summed E-state index contributed by atoms with van der Waals surface area (Å²) >= 11 is 6.08. The van der Waals surface area contributed by atoms with Gasteiger partial charge in [0.2, 0.25) is 5.91 Å². The maximum atomic E-state index is 12.0. The second-order valence-corrected chi connectivity index (χ2v) is 7.65. The maximum absolute atomic E-state index is 12.0. The Morgan fingerprint density at radius 3 is 2.81 bits per heavy atom. The highest BCUT2D eigenvalue weighted by molar-refractivity contribution is 9.11. The predicted molar refractivity (Wildman–Crippen MR) is 85.6 cm³/mol. The van der Waals surface area contributed by atoms with Crippen LogP contribution in [0, 0.1) is 0 Å². The summed E-state index contributed by atoms with van der Waals surface area (Å²) in [5.41, 5.74) is 5.11. The number of nitrogens with zero attached hydrogens (tertiary/aromatic N) is 3. The fraction of sp³-hybridized carbons (Fsp3) is 0.333. The Kier molecular flexibility index (Phi) is 5.54. The summed E-state index contributed by atoms with van der Waals surface area (Å²) < 4.78 is 2.72. The zero-order valence-corrected chi connectivity index (χ0v) is 14.4. The Bertz CT molecular complexity index is 668. The van der Waals surface area contributed by atoms with Crippen molar-refractivity contribution in [1.29, 1.82) is 0 Å². The van der Waals surface area contributed by atoms with Gasteiger partial charge in [-0.2, -0.15) is 0 Å². The minimum Gasteiger partial charge on any atom is -0.370 e. The molecule has 0 saturated carbocycles. The van der Waals surface area contributed by atoms with Gasteiger partial charge < -0.3 is 10.3 Å². The number of rotatable bonds is 7. The molecule has 1 amide bonds. The van der Waals surface area contributed by atoms with Gasteiger partial charge in [0.1, 0.15) is 5.82 Å². The first-order valence-corrected chi connectivity index (χ1v) is 8.65. The number of amides is 1. The number of aryl methyl sites for hydroxylation is 1. The predicted octanol–water partition coefficient (Wildman–Crippen LogP) is 2.03. The van der Waals surface area contributed by atoms with Gasteiger partial charge >= 0.3 is 0 Å². The molecule has 6 nitrogen and oxygen atoms in total. The molecule has 21 heavy (non-hydrogen) atoms. The van der Waals surface area contributed by atoms with Gasteiger partial charge in [0.15, 0.2) is 10.9 Å². The molecule has 2 rings (SSSR count). The van der Waals surface area contributed by atoms with Crippen LogP contribution in [-0.2, 0) is 18.3 Å². The molecule has 0 saturated heterocycles.